The van der Waals surface area contributed by atoms with E-state index < -0.39 is 0 Å². The van der Waals surface area contributed by atoms with Crippen molar-refractivity contribution in [3.05, 3.63) is 0 Å². The van der Waals surface area contributed by atoms with Crippen molar-refractivity contribution in [1.29, 1.82) is 0 Å². The average Bonchev–Trinajstić information content (AvgIpc) is 2.18. The number of likely N-dealkylation sites (tertiary alicyclic amines) is 1. The summed E-state index contributed by atoms with van der Waals surface area (Å²) in [7, 11) is 1.73. The Morgan fingerprint density at radius 1 is 1.64 bits per heavy atom. The van der Waals surface area contributed by atoms with E-state index >= 15 is 0 Å². The van der Waals surface area contributed by atoms with Crippen molar-refractivity contribution in [1.82, 2.24) is 4.90 Å². The molecule has 0 aliphatic carbocycles. The number of hydrogen-bond acceptors (Lipinski definition) is 3. The van der Waals surface area contributed by atoms with Crippen LogP contribution in [0.25, 0.3) is 0 Å². The molecule has 82 valence electrons. The summed E-state index contributed by atoms with van der Waals surface area (Å²) in [5.41, 5.74) is 0. The summed E-state index contributed by atoms with van der Waals surface area (Å²) in [6.45, 7) is 6.64. The smallest absolute Gasteiger partial charge is 0.134 e. The average molecular weight is 199 g/mol. The van der Waals surface area contributed by atoms with Crippen LogP contribution >= 0.6 is 0 Å². The van der Waals surface area contributed by atoms with Crippen LogP contribution in [0.2, 0.25) is 0 Å². The number of ketones is 1. The molecule has 0 bridgehead atoms. The quantitative estimate of drug-likeness (QED) is 0.684. The lowest BCUT2D eigenvalue weighted by atomic mass is 9.94. The first-order valence-electron chi connectivity index (χ1n) is 5.38. The third-order valence-electron chi connectivity index (χ3n) is 3.06. The van der Waals surface area contributed by atoms with E-state index in [1.165, 1.54) is 0 Å². The van der Waals surface area contributed by atoms with Gasteiger partial charge in [-0.25, -0.2) is 0 Å². The summed E-state index contributed by atoms with van der Waals surface area (Å²) in [6, 6.07) is 0.433. The predicted molar refractivity (Wildman–Crippen MR) is 56.3 cm³/mol. The molecule has 1 fully saturated rings. The van der Waals surface area contributed by atoms with Gasteiger partial charge in [-0.1, -0.05) is 0 Å². The summed E-state index contributed by atoms with van der Waals surface area (Å²) in [6.07, 6.45) is 2.20. The molecule has 3 nitrogen and oxygen atoms in total. The number of Topliss-reactive ketones (excluding diaryl/α,β-unsaturated/α-hetero) is 1. The Balaban J connectivity index is 2.43. The molecule has 2 unspecified atom stereocenters. The molecule has 1 aliphatic heterocycles. The Bertz CT molecular complexity index is 194. The normalized spacial score (nSPS) is 26.1. The van der Waals surface area contributed by atoms with Gasteiger partial charge in [-0.05, 0) is 33.2 Å². The van der Waals surface area contributed by atoms with Gasteiger partial charge in [-0.3, -0.25) is 9.69 Å². The van der Waals surface area contributed by atoms with E-state index in [4.69, 9.17) is 4.74 Å². The second kappa shape index (κ2) is 5.47. The molecule has 1 heterocycles. The van der Waals surface area contributed by atoms with Crippen molar-refractivity contribution < 1.29 is 9.53 Å². The number of carbonyl (C=O) groups excluding carboxylic acids is 1. The highest BCUT2D eigenvalue weighted by molar-refractivity contribution is 5.78. The highest BCUT2D eigenvalue weighted by Gasteiger charge is 2.25. The number of hydrogen-bond donors (Lipinski definition) is 0. The summed E-state index contributed by atoms with van der Waals surface area (Å²) in [5.74, 6) is 0.586. The maximum Gasteiger partial charge on any atom is 0.134 e. The second-order valence-electron chi connectivity index (χ2n) is 4.25. The lowest BCUT2D eigenvalue weighted by Gasteiger charge is -2.35. The maximum absolute atomic E-state index is 11.3. The van der Waals surface area contributed by atoms with Crippen LogP contribution in [0.5, 0.6) is 0 Å². The highest BCUT2D eigenvalue weighted by atomic mass is 16.5. The Kier molecular flexibility index (Phi) is 4.55. The molecule has 1 rings (SSSR count). The van der Waals surface area contributed by atoms with Crippen LogP contribution in [0.15, 0.2) is 0 Å². The Morgan fingerprint density at radius 2 is 2.36 bits per heavy atom. The topological polar surface area (TPSA) is 29.5 Å². The molecule has 1 saturated heterocycles. The lowest BCUT2D eigenvalue weighted by Crippen LogP contribution is -2.44. The van der Waals surface area contributed by atoms with Crippen LogP contribution in [0.4, 0.5) is 0 Å². The monoisotopic (exact) mass is 199 g/mol. The second-order valence-corrected chi connectivity index (χ2v) is 4.25. The molecular formula is C11H21NO2. The minimum Gasteiger partial charge on any atom is -0.383 e. The van der Waals surface area contributed by atoms with Gasteiger partial charge < -0.3 is 4.74 Å². The van der Waals surface area contributed by atoms with Gasteiger partial charge in [0.05, 0.1) is 6.61 Å². The standard InChI is InChI=1S/C11H21NO2/c1-9(8-14-3)12-6-4-5-11(7-12)10(2)13/h9,11H,4-8H2,1-3H3. The van der Waals surface area contributed by atoms with Crippen LogP contribution in [0.1, 0.15) is 26.7 Å². The molecule has 1 aliphatic rings. The molecule has 14 heavy (non-hydrogen) atoms. The van der Waals surface area contributed by atoms with Gasteiger partial charge in [0.1, 0.15) is 5.78 Å². The highest BCUT2D eigenvalue weighted by Crippen LogP contribution is 2.19. The number of ether oxygens (including phenoxy) is 1. The van der Waals surface area contributed by atoms with E-state index in [1.54, 1.807) is 14.0 Å². The molecule has 0 aromatic heterocycles. The summed E-state index contributed by atoms with van der Waals surface area (Å²) in [4.78, 5) is 13.6. The van der Waals surface area contributed by atoms with Crippen molar-refractivity contribution in [2.45, 2.75) is 32.7 Å². The van der Waals surface area contributed by atoms with Crippen LogP contribution in [0, 0.1) is 5.92 Å². The maximum atomic E-state index is 11.3. The van der Waals surface area contributed by atoms with Gasteiger partial charge in [-0.2, -0.15) is 0 Å². The third-order valence-corrected chi connectivity index (χ3v) is 3.06. The van der Waals surface area contributed by atoms with Crippen LogP contribution in [0.3, 0.4) is 0 Å². The van der Waals surface area contributed by atoms with E-state index in [0.717, 1.165) is 32.5 Å². The van der Waals surface area contributed by atoms with Gasteiger partial charge in [0.15, 0.2) is 0 Å². The summed E-state index contributed by atoms with van der Waals surface area (Å²) >= 11 is 0. The largest absolute Gasteiger partial charge is 0.383 e. The molecule has 0 amide bonds. The van der Waals surface area contributed by atoms with Crippen molar-refractivity contribution in [3.63, 3.8) is 0 Å². The first kappa shape index (κ1) is 11.7. The molecule has 0 aromatic rings. The zero-order valence-corrected chi connectivity index (χ0v) is 9.45. The fourth-order valence-corrected chi connectivity index (χ4v) is 2.09. The molecular weight excluding hydrogens is 178 g/mol. The zero-order chi connectivity index (χ0) is 10.6. The Labute approximate surface area is 86.4 Å². The fourth-order valence-electron chi connectivity index (χ4n) is 2.09. The van der Waals surface area contributed by atoms with E-state index in [9.17, 15) is 4.79 Å². The minimum absolute atomic E-state index is 0.253. The van der Waals surface area contributed by atoms with Gasteiger partial charge >= 0.3 is 0 Å². The van der Waals surface area contributed by atoms with Gasteiger partial charge in [0.2, 0.25) is 0 Å². The van der Waals surface area contributed by atoms with E-state index in [1.807, 2.05) is 0 Å². The number of carbonyl (C=O) groups is 1. The van der Waals surface area contributed by atoms with E-state index in [0.29, 0.717) is 11.8 Å². The number of nitrogens with zero attached hydrogens (tertiary/aromatic N) is 1. The van der Waals surface area contributed by atoms with E-state index in [2.05, 4.69) is 11.8 Å². The minimum atomic E-state index is 0.253. The van der Waals surface area contributed by atoms with Crippen molar-refractivity contribution in [2.24, 2.45) is 5.92 Å². The molecule has 0 spiro atoms. The van der Waals surface area contributed by atoms with Gasteiger partial charge in [0, 0.05) is 25.6 Å². The summed E-state index contributed by atoms with van der Waals surface area (Å²) in [5, 5.41) is 0. The van der Waals surface area contributed by atoms with Crippen molar-refractivity contribution in [2.75, 3.05) is 26.8 Å². The first-order chi connectivity index (χ1) is 6.65. The SMILES string of the molecule is COCC(C)N1CCCC(C(C)=O)C1. The Morgan fingerprint density at radius 3 is 2.93 bits per heavy atom. The van der Waals surface area contributed by atoms with Crippen LogP contribution in [-0.2, 0) is 9.53 Å². The molecule has 0 radical (unpaired) electrons. The summed E-state index contributed by atoms with van der Waals surface area (Å²) < 4.78 is 5.13. The number of rotatable bonds is 4. The zero-order valence-electron chi connectivity index (χ0n) is 9.45. The molecule has 2 atom stereocenters. The van der Waals surface area contributed by atoms with Crippen LogP contribution < -0.4 is 0 Å². The molecule has 0 N–H and O–H groups in total. The van der Waals surface area contributed by atoms with Crippen molar-refractivity contribution in [3.8, 4) is 0 Å². The first-order valence-corrected chi connectivity index (χ1v) is 5.38. The van der Waals surface area contributed by atoms with Crippen LogP contribution in [-0.4, -0.2) is 43.5 Å². The Hall–Kier alpha value is -0.410. The van der Waals surface area contributed by atoms with E-state index in [-0.39, 0.29) is 5.92 Å². The lowest BCUT2D eigenvalue weighted by molar-refractivity contribution is -0.122. The molecule has 3 heteroatoms. The number of methoxy groups -OCH3 is 1. The van der Waals surface area contributed by atoms with Gasteiger partial charge in [0.25, 0.3) is 0 Å². The number of piperidine rings is 1. The molecule has 0 saturated carbocycles. The predicted octanol–water partition coefficient (Wildman–Crippen LogP) is 1.32. The van der Waals surface area contributed by atoms with Crippen molar-refractivity contribution >= 4 is 5.78 Å². The fraction of sp³-hybridized carbons (Fsp3) is 0.909. The third kappa shape index (κ3) is 3.07. The molecule has 0 aromatic carbocycles. The van der Waals surface area contributed by atoms with Gasteiger partial charge in [-0.15, -0.1) is 0 Å².